The van der Waals surface area contributed by atoms with E-state index in [9.17, 15) is 14.1 Å². The van der Waals surface area contributed by atoms with Gasteiger partial charge in [-0.2, -0.15) is 0 Å². The van der Waals surface area contributed by atoms with Crippen LogP contribution in [0.2, 0.25) is 0 Å². The van der Waals surface area contributed by atoms with Gasteiger partial charge < -0.3 is 10.3 Å². The van der Waals surface area contributed by atoms with E-state index < -0.39 is 11.5 Å². The van der Waals surface area contributed by atoms with Gasteiger partial charge in [0, 0.05) is 34.2 Å². The lowest BCUT2D eigenvalue weighted by Gasteiger charge is -2.07. The van der Waals surface area contributed by atoms with Crippen LogP contribution in [0.25, 0.3) is 11.1 Å². The van der Waals surface area contributed by atoms with Crippen molar-refractivity contribution in [3.8, 4) is 16.9 Å². The lowest BCUT2D eigenvalue weighted by molar-refractivity contribution is -0.00621. The monoisotopic (exact) mass is 325 g/mol. The number of aromatic nitrogens is 2. The van der Waals surface area contributed by atoms with Gasteiger partial charge in [0.25, 0.3) is 11.5 Å². The maximum absolute atomic E-state index is 12.2. The quantitative estimate of drug-likeness (QED) is 0.772. The number of halogens is 1. The van der Waals surface area contributed by atoms with Crippen LogP contribution in [0.3, 0.4) is 0 Å². The second kappa shape index (κ2) is 6.74. The zero-order chi connectivity index (χ0) is 16.9. The molecule has 6 nitrogen and oxygen atoms in total. The highest BCUT2D eigenvalue weighted by Gasteiger charge is 2.10. The van der Waals surface area contributed by atoms with Crippen LogP contribution in [0.5, 0.6) is 5.75 Å². The highest BCUT2D eigenvalue weighted by molar-refractivity contribution is 6.04. The molecule has 0 spiro atoms. The predicted molar refractivity (Wildman–Crippen MR) is 86.4 cm³/mol. The van der Waals surface area contributed by atoms with Crippen molar-refractivity contribution in [2.75, 3.05) is 5.32 Å². The summed E-state index contributed by atoms with van der Waals surface area (Å²) in [5.74, 6) is -0.498. The molecule has 0 aliphatic carbocycles. The van der Waals surface area contributed by atoms with Crippen molar-refractivity contribution in [1.29, 1.82) is 0 Å². The Kier molecular flexibility index (Phi) is 4.33. The summed E-state index contributed by atoms with van der Waals surface area (Å²) in [6, 6.07) is 10.6. The Bertz CT molecular complexity index is 908. The number of pyridine rings is 2. The molecule has 0 unspecified atom stereocenters. The van der Waals surface area contributed by atoms with E-state index in [0.717, 1.165) is 11.1 Å². The van der Waals surface area contributed by atoms with Crippen molar-refractivity contribution in [2.45, 2.75) is 0 Å². The standard InChI is InChI=1S/C17H12FN3O3/c18-24-14-3-1-12(2-4-14)16(22)21-15-9-13(10-20-17(15)23)11-5-7-19-8-6-11/h1-10H,(H,20,23)(H,21,22). The average molecular weight is 325 g/mol. The molecule has 0 fully saturated rings. The van der Waals surface area contributed by atoms with E-state index in [4.69, 9.17) is 0 Å². The first-order chi connectivity index (χ1) is 11.7. The zero-order valence-corrected chi connectivity index (χ0v) is 12.3. The Hall–Kier alpha value is -3.48. The van der Waals surface area contributed by atoms with Gasteiger partial charge in [0.05, 0.1) is 0 Å². The minimum Gasteiger partial charge on any atom is -0.327 e. The molecule has 0 radical (unpaired) electrons. The topological polar surface area (TPSA) is 84.1 Å². The second-order valence-electron chi connectivity index (χ2n) is 4.92. The van der Waals surface area contributed by atoms with Crippen molar-refractivity contribution >= 4 is 11.6 Å². The number of hydrogen-bond donors (Lipinski definition) is 2. The summed E-state index contributed by atoms with van der Waals surface area (Å²) in [6.45, 7) is 0. The SMILES string of the molecule is O=C(Nc1cc(-c2ccncc2)c[nH]c1=O)c1ccc(OF)cc1. The second-order valence-corrected chi connectivity index (χ2v) is 4.92. The lowest BCUT2D eigenvalue weighted by Crippen LogP contribution is -2.19. The number of aromatic amines is 1. The van der Waals surface area contributed by atoms with Gasteiger partial charge in [-0.3, -0.25) is 19.5 Å². The van der Waals surface area contributed by atoms with Gasteiger partial charge in [-0.05, 0) is 48.0 Å². The summed E-state index contributed by atoms with van der Waals surface area (Å²) >= 11 is 0. The summed E-state index contributed by atoms with van der Waals surface area (Å²) in [5.41, 5.74) is 1.53. The van der Waals surface area contributed by atoms with E-state index in [1.807, 2.05) is 0 Å². The van der Waals surface area contributed by atoms with Crippen LogP contribution in [0.4, 0.5) is 10.2 Å². The fraction of sp³-hybridized carbons (Fsp3) is 0. The van der Waals surface area contributed by atoms with E-state index in [1.165, 1.54) is 24.3 Å². The molecule has 7 heteroatoms. The summed E-state index contributed by atoms with van der Waals surface area (Å²) < 4.78 is 12.0. The summed E-state index contributed by atoms with van der Waals surface area (Å²) in [4.78, 5) is 34.2. The molecule has 0 saturated carbocycles. The Morgan fingerprint density at radius 3 is 2.46 bits per heavy atom. The molecule has 0 aliphatic heterocycles. The van der Waals surface area contributed by atoms with Gasteiger partial charge in [0.15, 0.2) is 5.75 Å². The number of carbonyl (C=O) groups is 1. The number of hydrogen-bond acceptors (Lipinski definition) is 4. The Labute approximate surface area is 135 Å². The van der Waals surface area contributed by atoms with Crippen LogP contribution in [0.15, 0.2) is 65.8 Å². The third kappa shape index (κ3) is 3.30. The molecular formula is C17H12FN3O3. The van der Waals surface area contributed by atoms with E-state index in [2.05, 4.69) is 20.2 Å². The first-order valence-corrected chi connectivity index (χ1v) is 7.00. The molecular weight excluding hydrogens is 313 g/mol. The van der Waals surface area contributed by atoms with E-state index in [1.54, 1.807) is 36.8 Å². The van der Waals surface area contributed by atoms with Gasteiger partial charge in [0.1, 0.15) is 5.69 Å². The summed E-state index contributed by atoms with van der Waals surface area (Å²) in [5, 5.41) is 2.54. The molecule has 0 atom stereocenters. The molecule has 2 heterocycles. The molecule has 3 aromatic rings. The fourth-order valence-electron chi connectivity index (χ4n) is 2.14. The number of carbonyl (C=O) groups excluding carboxylic acids is 1. The highest BCUT2D eigenvalue weighted by Crippen LogP contribution is 2.19. The van der Waals surface area contributed by atoms with E-state index >= 15 is 0 Å². The molecule has 120 valence electrons. The molecule has 24 heavy (non-hydrogen) atoms. The van der Waals surface area contributed by atoms with Crippen molar-refractivity contribution in [3.05, 3.63) is 77.0 Å². The maximum Gasteiger partial charge on any atom is 0.271 e. The zero-order valence-electron chi connectivity index (χ0n) is 12.3. The third-order valence-electron chi connectivity index (χ3n) is 3.37. The van der Waals surface area contributed by atoms with E-state index in [0.29, 0.717) is 0 Å². The van der Waals surface area contributed by atoms with Crippen LogP contribution < -0.4 is 15.8 Å². The smallest absolute Gasteiger partial charge is 0.271 e. The van der Waals surface area contributed by atoms with Gasteiger partial charge in [-0.1, -0.05) is 0 Å². The number of amides is 1. The van der Waals surface area contributed by atoms with Crippen LogP contribution in [-0.2, 0) is 0 Å². The average Bonchev–Trinajstić information content (AvgIpc) is 2.64. The van der Waals surface area contributed by atoms with Crippen LogP contribution in [0, 0.1) is 0 Å². The minimum atomic E-state index is -0.488. The minimum absolute atomic E-state index is 0.0101. The first-order valence-electron chi connectivity index (χ1n) is 7.00. The van der Waals surface area contributed by atoms with Crippen molar-refractivity contribution in [1.82, 2.24) is 9.97 Å². The molecule has 0 saturated heterocycles. The van der Waals surface area contributed by atoms with Crippen LogP contribution >= 0.6 is 0 Å². The lowest BCUT2D eigenvalue weighted by atomic mass is 10.1. The molecule has 3 rings (SSSR count). The normalized spacial score (nSPS) is 10.2. The van der Waals surface area contributed by atoms with Gasteiger partial charge in [-0.25, -0.2) is 0 Å². The maximum atomic E-state index is 12.2. The number of benzene rings is 1. The Morgan fingerprint density at radius 2 is 1.79 bits per heavy atom. The molecule has 1 amide bonds. The van der Waals surface area contributed by atoms with Gasteiger partial charge in [-0.15, -0.1) is 0 Å². The number of H-pyrrole nitrogens is 1. The summed E-state index contributed by atoms with van der Waals surface area (Å²) in [7, 11) is 0. The number of anilines is 1. The molecule has 2 N–H and O–H groups in total. The molecule has 2 aromatic heterocycles. The van der Waals surface area contributed by atoms with Crippen molar-refractivity contribution in [2.24, 2.45) is 0 Å². The molecule has 0 aliphatic rings. The highest BCUT2D eigenvalue weighted by atomic mass is 19.3. The molecule has 1 aromatic carbocycles. The first kappa shape index (κ1) is 15.4. The van der Waals surface area contributed by atoms with E-state index in [-0.39, 0.29) is 17.0 Å². The van der Waals surface area contributed by atoms with Gasteiger partial charge >= 0.3 is 0 Å². The Morgan fingerprint density at radius 1 is 1.08 bits per heavy atom. The fourth-order valence-corrected chi connectivity index (χ4v) is 2.14. The van der Waals surface area contributed by atoms with Crippen molar-refractivity contribution < 1.29 is 14.3 Å². The van der Waals surface area contributed by atoms with Gasteiger partial charge in [0.2, 0.25) is 0 Å². The number of rotatable bonds is 4. The Balaban J connectivity index is 1.86. The van der Waals surface area contributed by atoms with Crippen LogP contribution in [0.1, 0.15) is 10.4 Å². The largest absolute Gasteiger partial charge is 0.327 e. The predicted octanol–water partition coefficient (Wildman–Crippen LogP) is 2.95. The summed E-state index contributed by atoms with van der Waals surface area (Å²) in [6.07, 6.45) is 4.82. The molecule has 0 bridgehead atoms. The third-order valence-corrected chi connectivity index (χ3v) is 3.37. The van der Waals surface area contributed by atoms with Crippen molar-refractivity contribution in [3.63, 3.8) is 0 Å². The number of nitrogens with one attached hydrogen (secondary N) is 2. The number of nitrogens with zero attached hydrogens (tertiary/aromatic N) is 1. The van der Waals surface area contributed by atoms with Crippen LogP contribution in [-0.4, -0.2) is 15.9 Å².